The van der Waals surface area contributed by atoms with Crippen molar-refractivity contribution in [3.8, 4) is 0 Å². The van der Waals surface area contributed by atoms with Gasteiger partial charge in [0, 0.05) is 6.54 Å². The highest BCUT2D eigenvalue weighted by Crippen LogP contribution is 2.09. The van der Waals surface area contributed by atoms with Crippen molar-refractivity contribution in [1.29, 1.82) is 0 Å². The van der Waals surface area contributed by atoms with Crippen LogP contribution in [0.5, 0.6) is 0 Å². The summed E-state index contributed by atoms with van der Waals surface area (Å²) in [7, 11) is 0. The average Bonchev–Trinajstić information content (AvgIpc) is 2.07. The standard InChI is InChI=1S/C9H17NO.ClH/c1-2-6-11-8-9-4-3-5-10-7-9;/h2,9-10H,1,3-8H2;1H/t9-;/m1./s1. The summed E-state index contributed by atoms with van der Waals surface area (Å²) in [5, 5.41) is 3.36. The zero-order chi connectivity index (χ0) is 7.94. The maximum atomic E-state index is 5.36. The molecule has 0 aliphatic carbocycles. The summed E-state index contributed by atoms with van der Waals surface area (Å²) in [5.74, 6) is 0.726. The molecule has 0 bridgehead atoms. The van der Waals surface area contributed by atoms with E-state index in [1.807, 2.05) is 0 Å². The molecule has 0 radical (unpaired) electrons. The second kappa shape index (κ2) is 7.59. The van der Waals surface area contributed by atoms with Crippen molar-refractivity contribution >= 4 is 12.4 Å². The van der Waals surface area contributed by atoms with Crippen molar-refractivity contribution < 1.29 is 4.74 Å². The zero-order valence-electron chi connectivity index (χ0n) is 7.42. The highest BCUT2D eigenvalue weighted by molar-refractivity contribution is 5.85. The van der Waals surface area contributed by atoms with Gasteiger partial charge in [-0.3, -0.25) is 0 Å². The average molecular weight is 192 g/mol. The Morgan fingerprint density at radius 3 is 3.00 bits per heavy atom. The molecular weight excluding hydrogens is 174 g/mol. The predicted octanol–water partition coefficient (Wildman–Crippen LogP) is 1.61. The van der Waals surface area contributed by atoms with Crippen LogP contribution in [0.1, 0.15) is 12.8 Å². The predicted molar refractivity (Wildman–Crippen MR) is 53.9 cm³/mol. The van der Waals surface area contributed by atoms with Gasteiger partial charge in [-0.15, -0.1) is 19.0 Å². The van der Waals surface area contributed by atoms with Crippen LogP contribution in [0.4, 0.5) is 0 Å². The molecule has 0 saturated carbocycles. The molecule has 1 heterocycles. The van der Waals surface area contributed by atoms with Gasteiger partial charge in [-0.25, -0.2) is 0 Å². The highest BCUT2D eigenvalue weighted by Gasteiger charge is 2.11. The van der Waals surface area contributed by atoms with Gasteiger partial charge < -0.3 is 10.1 Å². The lowest BCUT2D eigenvalue weighted by Gasteiger charge is -2.21. The molecule has 1 fully saturated rings. The normalized spacial score (nSPS) is 22.8. The largest absolute Gasteiger partial charge is 0.377 e. The smallest absolute Gasteiger partial charge is 0.0644 e. The summed E-state index contributed by atoms with van der Waals surface area (Å²) in [6, 6.07) is 0. The van der Waals surface area contributed by atoms with E-state index in [0.717, 1.165) is 19.1 Å². The van der Waals surface area contributed by atoms with E-state index in [-0.39, 0.29) is 12.4 Å². The molecule has 0 aromatic heterocycles. The molecule has 0 aromatic carbocycles. The third-order valence-corrected chi connectivity index (χ3v) is 1.99. The molecule has 0 amide bonds. The maximum absolute atomic E-state index is 5.36. The van der Waals surface area contributed by atoms with Gasteiger partial charge >= 0.3 is 0 Å². The van der Waals surface area contributed by atoms with Crippen molar-refractivity contribution in [3.63, 3.8) is 0 Å². The fourth-order valence-electron chi connectivity index (χ4n) is 1.38. The van der Waals surface area contributed by atoms with Crippen LogP contribution in [0.15, 0.2) is 12.7 Å². The lowest BCUT2D eigenvalue weighted by atomic mass is 10.0. The number of hydrogen-bond acceptors (Lipinski definition) is 2. The first kappa shape index (κ1) is 11.9. The van der Waals surface area contributed by atoms with Gasteiger partial charge in [0.05, 0.1) is 13.2 Å². The van der Waals surface area contributed by atoms with E-state index in [2.05, 4.69) is 11.9 Å². The van der Waals surface area contributed by atoms with Crippen LogP contribution >= 0.6 is 12.4 Å². The van der Waals surface area contributed by atoms with Crippen LogP contribution in [0.25, 0.3) is 0 Å². The van der Waals surface area contributed by atoms with Gasteiger partial charge in [0.2, 0.25) is 0 Å². The minimum Gasteiger partial charge on any atom is -0.377 e. The topological polar surface area (TPSA) is 21.3 Å². The Morgan fingerprint density at radius 1 is 1.58 bits per heavy atom. The lowest BCUT2D eigenvalue weighted by molar-refractivity contribution is 0.111. The molecule has 0 spiro atoms. The zero-order valence-corrected chi connectivity index (χ0v) is 8.24. The third kappa shape index (κ3) is 4.75. The van der Waals surface area contributed by atoms with Crippen molar-refractivity contribution in [2.45, 2.75) is 12.8 Å². The van der Waals surface area contributed by atoms with Gasteiger partial charge in [0.1, 0.15) is 0 Å². The number of rotatable bonds is 4. The van der Waals surface area contributed by atoms with E-state index >= 15 is 0 Å². The van der Waals surface area contributed by atoms with Crippen LogP contribution in [0.3, 0.4) is 0 Å². The van der Waals surface area contributed by atoms with Crippen molar-refractivity contribution in [3.05, 3.63) is 12.7 Å². The fourth-order valence-corrected chi connectivity index (χ4v) is 1.38. The molecule has 1 rings (SSSR count). The molecule has 3 heteroatoms. The Bertz CT molecular complexity index is 113. The summed E-state index contributed by atoms with van der Waals surface area (Å²) in [4.78, 5) is 0. The monoisotopic (exact) mass is 191 g/mol. The van der Waals surface area contributed by atoms with E-state index in [4.69, 9.17) is 4.74 Å². The Balaban J connectivity index is 0.00000121. The fraction of sp³-hybridized carbons (Fsp3) is 0.778. The molecule has 1 aliphatic heterocycles. The first-order valence-electron chi connectivity index (χ1n) is 4.33. The number of halogens is 1. The molecule has 72 valence electrons. The Labute approximate surface area is 80.8 Å². The molecular formula is C9H18ClNO. The Morgan fingerprint density at radius 2 is 2.42 bits per heavy atom. The molecule has 1 atom stereocenters. The van der Waals surface area contributed by atoms with Crippen LogP contribution in [0, 0.1) is 5.92 Å². The van der Waals surface area contributed by atoms with E-state index in [1.54, 1.807) is 6.08 Å². The van der Waals surface area contributed by atoms with Gasteiger partial charge in [-0.1, -0.05) is 6.08 Å². The minimum absolute atomic E-state index is 0. The van der Waals surface area contributed by atoms with Crippen LogP contribution in [0.2, 0.25) is 0 Å². The number of ether oxygens (including phenoxy) is 1. The molecule has 0 unspecified atom stereocenters. The SMILES string of the molecule is C=CCOC[C@@H]1CCCNC1.Cl. The van der Waals surface area contributed by atoms with Crippen molar-refractivity contribution in [2.24, 2.45) is 5.92 Å². The summed E-state index contributed by atoms with van der Waals surface area (Å²) in [6.07, 6.45) is 4.41. The van der Waals surface area contributed by atoms with Crippen LogP contribution in [-0.4, -0.2) is 26.3 Å². The van der Waals surface area contributed by atoms with Crippen molar-refractivity contribution in [1.82, 2.24) is 5.32 Å². The van der Waals surface area contributed by atoms with E-state index in [0.29, 0.717) is 6.61 Å². The summed E-state index contributed by atoms with van der Waals surface area (Å²) < 4.78 is 5.36. The molecule has 2 nitrogen and oxygen atoms in total. The Hall–Kier alpha value is -0.0500. The number of hydrogen-bond donors (Lipinski definition) is 1. The van der Waals surface area contributed by atoms with E-state index in [9.17, 15) is 0 Å². The third-order valence-electron chi connectivity index (χ3n) is 1.99. The van der Waals surface area contributed by atoms with Crippen LogP contribution in [-0.2, 0) is 4.74 Å². The number of piperidine rings is 1. The summed E-state index contributed by atoms with van der Waals surface area (Å²) in [5.41, 5.74) is 0. The van der Waals surface area contributed by atoms with Gasteiger partial charge in [-0.2, -0.15) is 0 Å². The van der Waals surface area contributed by atoms with Gasteiger partial charge in [0.25, 0.3) is 0 Å². The van der Waals surface area contributed by atoms with E-state index in [1.165, 1.54) is 19.4 Å². The van der Waals surface area contributed by atoms with Gasteiger partial charge in [-0.05, 0) is 25.3 Å². The van der Waals surface area contributed by atoms with Crippen LogP contribution < -0.4 is 5.32 Å². The summed E-state index contributed by atoms with van der Waals surface area (Å²) in [6.45, 7) is 7.48. The second-order valence-corrected chi connectivity index (χ2v) is 3.04. The quantitative estimate of drug-likeness (QED) is 0.539. The second-order valence-electron chi connectivity index (χ2n) is 3.04. The first-order valence-corrected chi connectivity index (χ1v) is 4.33. The van der Waals surface area contributed by atoms with Gasteiger partial charge in [0.15, 0.2) is 0 Å². The first-order chi connectivity index (χ1) is 5.43. The highest BCUT2D eigenvalue weighted by atomic mass is 35.5. The van der Waals surface area contributed by atoms with Crippen molar-refractivity contribution in [2.75, 3.05) is 26.3 Å². The minimum atomic E-state index is 0. The maximum Gasteiger partial charge on any atom is 0.0644 e. The number of nitrogens with one attached hydrogen (secondary N) is 1. The molecule has 1 saturated heterocycles. The molecule has 0 aromatic rings. The molecule has 1 N–H and O–H groups in total. The molecule has 1 aliphatic rings. The Kier molecular flexibility index (Phi) is 7.56. The summed E-state index contributed by atoms with van der Waals surface area (Å²) >= 11 is 0. The molecule has 12 heavy (non-hydrogen) atoms. The lowest BCUT2D eigenvalue weighted by Crippen LogP contribution is -2.32. The van der Waals surface area contributed by atoms with E-state index < -0.39 is 0 Å².